The van der Waals surface area contributed by atoms with Gasteiger partial charge in [-0.25, -0.2) is 4.79 Å². The zero-order valence-electron chi connectivity index (χ0n) is 14.8. The summed E-state index contributed by atoms with van der Waals surface area (Å²) in [5.41, 5.74) is 0.872. The molecule has 1 heterocycles. The molecule has 2 amide bonds. The minimum absolute atomic E-state index is 0.255. The van der Waals surface area contributed by atoms with E-state index in [-0.39, 0.29) is 12.3 Å². The van der Waals surface area contributed by atoms with Crippen molar-refractivity contribution in [3.63, 3.8) is 0 Å². The number of carbonyl (C=O) groups is 2. The third kappa shape index (κ3) is 4.60. The van der Waals surface area contributed by atoms with Crippen LogP contribution in [0.2, 0.25) is 0 Å². The van der Waals surface area contributed by atoms with Crippen LogP contribution in [0.4, 0.5) is 4.79 Å². The summed E-state index contributed by atoms with van der Waals surface area (Å²) in [5, 5.41) is 5.29. The molecule has 7 nitrogen and oxygen atoms in total. The quantitative estimate of drug-likeness (QED) is 0.410. The van der Waals surface area contributed by atoms with Crippen molar-refractivity contribution >= 4 is 23.6 Å². The van der Waals surface area contributed by atoms with Crippen molar-refractivity contribution in [2.24, 2.45) is 5.92 Å². The number of hydrogen-bond donors (Lipinski definition) is 2. The number of hydrogen-bond acceptors (Lipinski definition) is 5. The van der Waals surface area contributed by atoms with Crippen LogP contribution in [0.15, 0.2) is 30.5 Å². The number of nitrogens with one attached hydrogen (secondary N) is 2. The van der Waals surface area contributed by atoms with Crippen molar-refractivity contribution < 1.29 is 23.8 Å². The SMILES string of the molecule is C=C1NC(=O)N[C@H](c2cc(OC)ccc2OC)[C@H]1C(=O)OCCCCCl. The summed E-state index contributed by atoms with van der Waals surface area (Å²) in [6.07, 6.45) is 1.42. The van der Waals surface area contributed by atoms with Gasteiger partial charge in [0, 0.05) is 17.1 Å². The van der Waals surface area contributed by atoms with Crippen LogP contribution in [-0.2, 0) is 9.53 Å². The molecule has 0 bridgehead atoms. The van der Waals surface area contributed by atoms with E-state index < -0.39 is 24.0 Å². The normalized spacial score (nSPS) is 19.3. The van der Waals surface area contributed by atoms with E-state index in [1.807, 2.05) is 0 Å². The van der Waals surface area contributed by atoms with E-state index in [0.717, 1.165) is 6.42 Å². The summed E-state index contributed by atoms with van der Waals surface area (Å²) in [6, 6.07) is 4.03. The van der Waals surface area contributed by atoms with Gasteiger partial charge >= 0.3 is 12.0 Å². The number of urea groups is 1. The number of esters is 1. The molecule has 1 aliphatic rings. The third-order valence-electron chi connectivity index (χ3n) is 4.07. The maximum absolute atomic E-state index is 12.6. The Balaban J connectivity index is 2.31. The molecule has 0 aliphatic carbocycles. The first-order valence-electron chi connectivity index (χ1n) is 8.22. The van der Waals surface area contributed by atoms with Gasteiger partial charge in [-0.2, -0.15) is 0 Å². The molecule has 142 valence electrons. The summed E-state index contributed by atoms with van der Waals surface area (Å²) in [4.78, 5) is 24.6. The Morgan fingerprint density at radius 1 is 1.27 bits per heavy atom. The van der Waals surface area contributed by atoms with E-state index in [4.69, 9.17) is 25.8 Å². The highest BCUT2D eigenvalue weighted by Crippen LogP contribution is 2.37. The number of unbranched alkanes of at least 4 members (excludes halogenated alkanes) is 1. The molecule has 1 aromatic rings. The van der Waals surface area contributed by atoms with E-state index in [1.54, 1.807) is 18.2 Å². The van der Waals surface area contributed by atoms with Gasteiger partial charge < -0.3 is 24.8 Å². The maximum Gasteiger partial charge on any atom is 0.319 e. The van der Waals surface area contributed by atoms with Crippen molar-refractivity contribution in [2.45, 2.75) is 18.9 Å². The van der Waals surface area contributed by atoms with Gasteiger partial charge in [0.05, 0.1) is 26.9 Å². The minimum Gasteiger partial charge on any atom is -0.497 e. The lowest BCUT2D eigenvalue weighted by Crippen LogP contribution is -2.51. The average molecular weight is 383 g/mol. The van der Waals surface area contributed by atoms with E-state index >= 15 is 0 Å². The molecule has 0 radical (unpaired) electrons. The third-order valence-corrected chi connectivity index (χ3v) is 4.33. The van der Waals surface area contributed by atoms with E-state index in [2.05, 4.69) is 17.2 Å². The highest BCUT2D eigenvalue weighted by atomic mass is 35.5. The predicted octanol–water partition coefficient (Wildman–Crippen LogP) is 2.75. The van der Waals surface area contributed by atoms with Crippen LogP contribution in [0.5, 0.6) is 11.5 Å². The highest BCUT2D eigenvalue weighted by Gasteiger charge is 2.40. The van der Waals surface area contributed by atoms with Gasteiger partial charge in [0.2, 0.25) is 0 Å². The number of methoxy groups -OCH3 is 2. The van der Waals surface area contributed by atoms with Gasteiger partial charge in [-0.3, -0.25) is 4.79 Å². The summed E-state index contributed by atoms with van der Waals surface area (Å²) in [7, 11) is 3.05. The van der Waals surface area contributed by atoms with Gasteiger partial charge in [-0.15, -0.1) is 11.6 Å². The predicted molar refractivity (Wildman–Crippen MR) is 97.5 cm³/mol. The van der Waals surface area contributed by atoms with Crippen LogP contribution in [0, 0.1) is 5.92 Å². The monoisotopic (exact) mass is 382 g/mol. The Morgan fingerprint density at radius 3 is 2.69 bits per heavy atom. The number of carbonyl (C=O) groups excluding carboxylic acids is 2. The molecular formula is C18H23ClN2O5. The maximum atomic E-state index is 12.6. The van der Waals surface area contributed by atoms with Crippen LogP contribution < -0.4 is 20.1 Å². The second kappa shape index (κ2) is 9.33. The Morgan fingerprint density at radius 2 is 2.04 bits per heavy atom. The molecule has 0 unspecified atom stereocenters. The number of alkyl halides is 1. The van der Waals surface area contributed by atoms with Gasteiger partial charge in [0.15, 0.2) is 0 Å². The molecular weight excluding hydrogens is 360 g/mol. The summed E-state index contributed by atoms with van der Waals surface area (Å²) in [6.45, 7) is 4.07. The Labute approximate surface area is 157 Å². The van der Waals surface area contributed by atoms with E-state index in [1.165, 1.54) is 14.2 Å². The zero-order chi connectivity index (χ0) is 19.1. The molecule has 1 saturated heterocycles. The summed E-state index contributed by atoms with van der Waals surface area (Å²) >= 11 is 5.63. The first-order chi connectivity index (χ1) is 12.5. The van der Waals surface area contributed by atoms with Gasteiger partial charge in [-0.1, -0.05) is 6.58 Å². The molecule has 1 fully saturated rings. The van der Waals surface area contributed by atoms with Crippen molar-refractivity contribution in [3.05, 3.63) is 36.0 Å². The van der Waals surface area contributed by atoms with Crippen molar-refractivity contribution in [1.29, 1.82) is 0 Å². The van der Waals surface area contributed by atoms with E-state index in [0.29, 0.717) is 29.4 Å². The standard InChI is InChI=1S/C18H23ClN2O5/c1-11-15(17(22)26-9-5-4-8-19)16(21-18(23)20-11)13-10-12(24-2)6-7-14(13)25-3/h6-7,10,15-16H,1,4-5,8-9H2,2-3H3,(H2,20,21,23)/t15-,16+/m0/s1. The molecule has 0 saturated carbocycles. The highest BCUT2D eigenvalue weighted by molar-refractivity contribution is 6.17. The van der Waals surface area contributed by atoms with Crippen molar-refractivity contribution in [2.75, 3.05) is 26.7 Å². The van der Waals surface area contributed by atoms with Crippen LogP contribution >= 0.6 is 11.6 Å². The van der Waals surface area contributed by atoms with Crippen LogP contribution in [0.3, 0.4) is 0 Å². The minimum atomic E-state index is -0.801. The summed E-state index contributed by atoms with van der Waals surface area (Å²) < 4.78 is 16.0. The van der Waals surface area contributed by atoms with Gasteiger partial charge in [-0.05, 0) is 31.0 Å². The average Bonchev–Trinajstić information content (AvgIpc) is 2.63. The van der Waals surface area contributed by atoms with Gasteiger partial charge in [0.25, 0.3) is 0 Å². The van der Waals surface area contributed by atoms with Crippen molar-refractivity contribution in [1.82, 2.24) is 10.6 Å². The fraction of sp³-hybridized carbons (Fsp3) is 0.444. The zero-order valence-corrected chi connectivity index (χ0v) is 15.6. The molecule has 1 aliphatic heterocycles. The number of rotatable bonds is 8. The molecule has 0 spiro atoms. The first kappa shape index (κ1) is 19.9. The molecule has 26 heavy (non-hydrogen) atoms. The lowest BCUT2D eigenvalue weighted by molar-refractivity contribution is -0.148. The number of ether oxygens (including phenoxy) is 3. The second-order valence-corrected chi connectivity index (χ2v) is 6.13. The Bertz CT molecular complexity index is 680. The molecule has 2 N–H and O–H groups in total. The fourth-order valence-electron chi connectivity index (χ4n) is 2.76. The summed E-state index contributed by atoms with van der Waals surface area (Å²) in [5.74, 6) is 0.324. The van der Waals surface area contributed by atoms with E-state index in [9.17, 15) is 9.59 Å². The molecule has 0 aromatic heterocycles. The molecule has 2 atom stereocenters. The largest absolute Gasteiger partial charge is 0.497 e. The van der Waals surface area contributed by atoms with Gasteiger partial charge in [0.1, 0.15) is 17.4 Å². The fourth-order valence-corrected chi connectivity index (χ4v) is 2.95. The van der Waals surface area contributed by atoms with Crippen LogP contribution in [0.1, 0.15) is 24.4 Å². The lowest BCUT2D eigenvalue weighted by Gasteiger charge is -2.34. The second-order valence-electron chi connectivity index (χ2n) is 5.75. The molecule has 2 rings (SSSR count). The molecule has 8 heteroatoms. The lowest BCUT2D eigenvalue weighted by atomic mass is 9.88. The van der Waals surface area contributed by atoms with Crippen LogP contribution in [0.25, 0.3) is 0 Å². The molecule has 1 aromatic carbocycles. The Kier molecular flexibility index (Phi) is 7.15. The van der Waals surface area contributed by atoms with Crippen molar-refractivity contribution in [3.8, 4) is 11.5 Å². The number of benzene rings is 1. The number of amides is 2. The smallest absolute Gasteiger partial charge is 0.319 e. The Hall–Kier alpha value is -2.41. The van der Waals surface area contributed by atoms with Crippen LogP contribution in [-0.4, -0.2) is 38.7 Å². The first-order valence-corrected chi connectivity index (χ1v) is 8.76. The number of halogens is 1. The topological polar surface area (TPSA) is 85.9 Å².